The molecule has 0 rings (SSSR count). The van der Waals surface area contributed by atoms with Gasteiger partial charge in [0.25, 0.3) is 0 Å². The summed E-state index contributed by atoms with van der Waals surface area (Å²) in [4.78, 5) is 24.4. The summed E-state index contributed by atoms with van der Waals surface area (Å²) in [5.74, 6) is -0.151. The fourth-order valence-corrected chi connectivity index (χ4v) is 6.74. The first kappa shape index (κ1) is 52.1. The van der Waals surface area contributed by atoms with Gasteiger partial charge >= 0.3 is 5.97 Å². The lowest BCUT2D eigenvalue weighted by Crippen LogP contribution is -2.45. The Bertz CT molecular complexity index is 884. The van der Waals surface area contributed by atoms with Crippen molar-refractivity contribution in [3.63, 3.8) is 0 Å². The number of esters is 1. The summed E-state index contributed by atoms with van der Waals surface area (Å²) in [6.07, 6.45) is 51.4. The summed E-state index contributed by atoms with van der Waals surface area (Å²) in [6, 6.07) is -0.651. The van der Waals surface area contributed by atoms with Gasteiger partial charge in [0.05, 0.1) is 25.4 Å². The van der Waals surface area contributed by atoms with Gasteiger partial charge in [-0.2, -0.15) is 0 Å². The van der Waals surface area contributed by atoms with E-state index in [-0.39, 0.29) is 18.5 Å². The summed E-state index contributed by atoms with van der Waals surface area (Å²) >= 11 is 0. The van der Waals surface area contributed by atoms with E-state index < -0.39 is 12.1 Å². The maximum atomic E-state index is 12.3. The quantitative estimate of drug-likeness (QED) is 0.0327. The molecule has 0 aromatic carbocycles. The Kier molecular flexibility index (Phi) is 42.2. The van der Waals surface area contributed by atoms with Crippen LogP contribution in [0.1, 0.15) is 232 Å². The fourth-order valence-electron chi connectivity index (χ4n) is 6.74. The largest absolute Gasteiger partial charge is 0.466 e. The first-order valence-corrected chi connectivity index (χ1v) is 23.3. The fraction of sp³-hybridized carbons (Fsp3) is 0.833. The number of aliphatic hydroxyl groups is 2. The highest BCUT2D eigenvalue weighted by atomic mass is 16.5. The molecule has 0 aromatic heterocycles. The normalized spacial score (nSPS) is 13.0. The van der Waals surface area contributed by atoms with Crippen molar-refractivity contribution in [2.45, 2.75) is 244 Å². The van der Waals surface area contributed by atoms with Gasteiger partial charge in [0.15, 0.2) is 0 Å². The second-order valence-corrected chi connectivity index (χ2v) is 15.7. The highest BCUT2D eigenvalue weighted by molar-refractivity contribution is 5.76. The van der Waals surface area contributed by atoms with Gasteiger partial charge in [-0.1, -0.05) is 172 Å². The summed E-state index contributed by atoms with van der Waals surface area (Å²) in [5.41, 5.74) is 0. The molecule has 0 aromatic rings. The van der Waals surface area contributed by atoms with E-state index in [1.807, 2.05) is 6.08 Å². The molecule has 0 heterocycles. The van der Waals surface area contributed by atoms with Crippen molar-refractivity contribution in [1.29, 1.82) is 0 Å². The molecular weight excluding hydrogens is 671 g/mol. The van der Waals surface area contributed by atoms with E-state index in [4.69, 9.17) is 4.74 Å². The number of allylic oxidation sites excluding steroid dienone is 5. The Labute approximate surface area is 334 Å². The van der Waals surface area contributed by atoms with Gasteiger partial charge in [-0.05, 0) is 83.5 Å². The average molecular weight is 760 g/mol. The average Bonchev–Trinajstić information content (AvgIpc) is 3.17. The summed E-state index contributed by atoms with van der Waals surface area (Å²) in [6.45, 7) is 4.76. The molecule has 2 unspecified atom stereocenters. The second-order valence-electron chi connectivity index (χ2n) is 15.7. The minimum atomic E-state index is -0.864. The molecule has 6 nitrogen and oxygen atoms in total. The van der Waals surface area contributed by atoms with E-state index in [1.165, 1.54) is 128 Å². The third kappa shape index (κ3) is 39.8. The van der Waals surface area contributed by atoms with Gasteiger partial charge in [-0.25, -0.2) is 0 Å². The maximum Gasteiger partial charge on any atom is 0.305 e. The van der Waals surface area contributed by atoms with Gasteiger partial charge in [0.1, 0.15) is 0 Å². The lowest BCUT2D eigenvalue weighted by Gasteiger charge is -2.20. The van der Waals surface area contributed by atoms with Crippen LogP contribution in [0.3, 0.4) is 0 Å². The molecule has 0 aliphatic carbocycles. The van der Waals surface area contributed by atoms with Crippen LogP contribution in [-0.2, 0) is 14.3 Å². The van der Waals surface area contributed by atoms with Crippen LogP contribution in [0, 0.1) is 0 Å². The van der Waals surface area contributed by atoms with Crippen LogP contribution in [0.15, 0.2) is 36.5 Å². The van der Waals surface area contributed by atoms with Crippen LogP contribution in [0.4, 0.5) is 0 Å². The van der Waals surface area contributed by atoms with Crippen LogP contribution < -0.4 is 5.32 Å². The van der Waals surface area contributed by atoms with E-state index >= 15 is 0 Å². The third-order valence-corrected chi connectivity index (χ3v) is 10.4. The number of unbranched alkanes of at least 4 members (excludes halogenated alkanes) is 27. The molecule has 0 aliphatic heterocycles. The minimum Gasteiger partial charge on any atom is -0.466 e. The highest BCUT2D eigenvalue weighted by Gasteiger charge is 2.18. The minimum absolute atomic E-state index is 0.0430. The highest BCUT2D eigenvalue weighted by Crippen LogP contribution is 2.13. The van der Waals surface area contributed by atoms with Crippen molar-refractivity contribution in [3.8, 4) is 0 Å². The first-order valence-electron chi connectivity index (χ1n) is 23.3. The smallest absolute Gasteiger partial charge is 0.305 e. The topological polar surface area (TPSA) is 95.9 Å². The Hall–Kier alpha value is -1.92. The number of rotatable bonds is 42. The Morgan fingerprint density at radius 1 is 0.500 bits per heavy atom. The van der Waals surface area contributed by atoms with Gasteiger partial charge < -0.3 is 20.3 Å². The number of ether oxygens (including phenoxy) is 1. The zero-order valence-electron chi connectivity index (χ0n) is 35.7. The molecule has 0 radical (unpaired) electrons. The molecule has 0 saturated heterocycles. The van der Waals surface area contributed by atoms with Crippen molar-refractivity contribution in [2.24, 2.45) is 0 Å². The molecule has 2 atom stereocenters. The SMILES string of the molecule is CCCCCCCCC/C=C\CCCCCCCCCC(=O)OCCCC/C=C\CCCCCCC(=O)NC(CO)C(O)/C=C/CCCCCCCCC. The van der Waals surface area contributed by atoms with Gasteiger partial charge in [0, 0.05) is 12.8 Å². The molecule has 0 fully saturated rings. The number of carbonyl (C=O) groups is 2. The standard InChI is InChI=1S/C48H89NO5/c1-3-5-7-9-11-13-14-15-16-17-18-19-20-21-26-30-34-38-42-48(53)54-43-39-35-31-27-23-22-25-29-33-37-41-47(52)49-45(44-50)46(51)40-36-32-28-24-12-10-8-6-4-2/h16-17,23,27,36,40,45-46,50-51H,3-15,18-22,24-26,28-35,37-39,41-44H2,1-2H3,(H,49,52)/b17-16-,27-23-,40-36+. The monoisotopic (exact) mass is 760 g/mol. The number of carbonyl (C=O) groups excluding carboxylic acids is 2. The Balaban J connectivity index is 3.53. The van der Waals surface area contributed by atoms with Crippen molar-refractivity contribution in [1.82, 2.24) is 5.32 Å². The van der Waals surface area contributed by atoms with E-state index in [2.05, 4.69) is 43.5 Å². The van der Waals surface area contributed by atoms with E-state index in [1.54, 1.807) is 6.08 Å². The summed E-state index contributed by atoms with van der Waals surface area (Å²) in [5, 5.41) is 22.8. The Morgan fingerprint density at radius 3 is 1.31 bits per heavy atom. The number of aliphatic hydroxyl groups excluding tert-OH is 2. The van der Waals surface area contributed by atoms with Gasteiger partial charge in [-0.3, -0.25) is 9.59 Å². The molecule has 0 bridgehead atoms. The molecule has 54 heavy (non-hydrogen) atoms. The summed E-state index contributed by atoms with van der Waals surface area (Å²) < 4.78 is 5.43. The molecule has 0 saturated carbocycles. The molecular formula is C48H89NO5. The number of hydrogen-bond donors (Lipinski definition) is 3. The van der Waals surface area contributed by atoms with Crippen LogP contribution in [-0.4, -0.2) is 47.4 Å². The second kappa shape index (κ2) is 43.8. The third-order valence-electron chi connectivity index (χ3n) is 10.4. The zero-order valence-corrected chi connectivity index (χ0v) is 35.7. The van der Waals surface area contributed by atoms with E-state index in [9.17, 15) is 19.8 Å². The zero-order chi connectivity index (χ0) is 39.4. The molecule has 1 amide bonds. The van der Waals surface area contributed by atoms with Gasteiger partial charge in [0.2, 0.25) is 5.91 Å². The summed E-state index contributed by atoms with van der Waals surface area (Å²) in [7, 11) is 0. The van der Waals surface area contributed by atoms with Crippen LogP contribution in [0.5, 0.6) is 0 Å². The molecule has 316 valence electrons. The Morgan fingerprint density at radius 2 is 0.870 bits per heavy atom. The maximum absolute atomic E-state index is 12.3. The van der Waals surface area contributed by atoms with Crippen LogP contribution in [0.25, 0.3) is 0 Å². The first-order chi connectivity index (χ1) is 26.5. The van der Waals surface area contributed by atoms with Gasteiger partial charge in [-0.15, -0.1) is 0 Å². The van der Waals surface area contributed by atoms with Crippen LogP contribution in [0.2, 0.25) is 0 Å². The lowest BCUT2D eigenvalue weighted by molar-refractivity contribution is -0.143. The number of nitrogens with one attached hydrogen (secondary N) is 1. The predicted molar refractivity (Wildman–Crippen MR) is 232 cm³/mol. The lowest BCUT2D eigenvalue weighted by atomic mass is 10.1. The molecule has 6 heteroatoms. The number of amides is 1. The number of hydrogen-bond acceptors (Lipinski definition) is 5. The van der Waals surface area contributed by atoms with Crippen molar-refractivity contribution in [3.05, 3.63) is 36.5 Å². The molecule has 0 aliphatic rings. The van der Waals surface area contributed by atoms with Crippen molar-refractivity contribution in [2.75, 3.05) is 13.2 Å². The van der Waals surface area contributed by atoms with Crippen molar-refractivity contribution < 1.29 is 24.5 Å². The predicted octanol–water partition coefficient (Wildman–Crippen LogP) is 13.3. The van der Waals surface area contributed by atoms with E-state index in [0.717, 1.165) is 77.0 Å². The molecule has 3 N–H and O–H groups in total. The van der Waals surface area contributed by atoms with Crippen LogP contribution >= 0.6 is 0 Å². The molecule has 0 spiro atoms. The van der Waals surface area contributed by atoms with E-state index in [0.29, 0.717) is 19.4 Å². The van der Waals surface area contributed by atoms with Crippen molar-refractivity contribution >= 4 is 11.9 Å².